The van der Waals surface area contributed by atoms with E-state index in [4.69, 9.17) is 0 Å². The zero-order valence-corrected chi connectivity index (χ0v) is 7.43. The van der Waals surface area contributed by atoms with Crippen LogP contribution in [0.1, 0.15) is 18.4 Å². The fourth-order valence-electron chi connectivity index (χ4n) is 1.40. The Labute approximate surface area is 79.8 Å². The Kier molecular flexibility index (Phi) is 1.96. The minimum Gasteiger partial charge on any atom is -0.508 e. The van der Waals surface area contributed by atoms with Gasteiger partial charge in [-0.3, -0.25) is 0 Å². The molecule has 76 valence electrons. The van der Waals surface area contributed by atoms with E-state index in [1.165, 1.54) is 0 Å². The van der Waals surface area contributed by atoms with Crippen LogP contribution in [0.2, 0.25) is 0 Å². The van der Waals surface area contributed by atoms with Crippen LogP contribution < -0.4 is 0 Å². The molecule has 1 saturated carbocycles. The summed E-state index contributed by atoms with van der Waals surface area (Å²) in [7, 11) is 0. The molecule has 1 aromatic carbocycles. The van der Waals surface area contributed by atoms with Crippen LogP contribution in [0.25, 0.3) is 0 Å². The lowest BCUT2D eigenvalue weighted by atomic mass is 10.0. The third kappa shape index (κ3) is 1.57. The SMILES string of the molecule is Oc1ccc(F)c(F)c1CC1(O)CC1. The zero-order valence-electron chi connectivity index (χ0n) is 7.43. The first kappa shape index (κ1) is 9.40. The Morgan fingerprint density at radius 1 is 1.29 bits per heavy atom. The van der Waals surface area contributed by atoms with Gasteiger partial charge in [0, 0.05) is 12.0 Å². The molecule has 1 aromatic rings. The summed E-state index contributed by atoms with van der Waals surface area (Å²) in [4.78, 5) is 0. The molecule has 1 fully saturated rings. The van der Waals surface area contributed by atoms with Crippen LogP contribution >= 0.6 is 0 Å². The molecule has 0 bridgehead atoms. The fourth-order valence-corrected chi connectivity index (χ4v) is 1.40. The second-order valence-corrected chi connectivity index (χ2v) is 3.76. The van der Waals surface area contributed by atoms with Crippen LogP contribution in [0, 0.1) is 11.6 Å². The van der Waals surface area contributed by atoms with Crippen LogP contribution in [0.15, 0.2) is 12.1 Å². The predicted octanol–water partition coefficient (Wildman–Crippen LogP) is 1.74. The van der Waals surface area contributed by atoms with Crippen molar-refractivity contribution in [1.82, 2.24) is 0 Å². The van der Waals surface area contributed by atoms with E-state index in [9.17, 15) is 19.0 Å². The third-order valence-corrected chi connectivity index (χ3v) is 2.50. The molecule has 0 heterocycles. The number of aliphatic hydroxyl groups is 1. The van der Waals surface area contributed by atoms with Gasteiger partial charge in [0.25, 0.3) is 0 Å². The molecule has 4 heteroatoms. The third-order valence-electron chi connectivity index (χ3n) is 2.50. The van der Waals surface area contributed by atoms with E-state index in [0.717, 1.165) is 12.1 Å². The first-order chi connectivity index (χ1) is 6.52. The van der Waals surface area contributed by atoms with Gasteiger partial charge in [-0.25, -0.2) is 8.78 Å². The molecule has 0 amide bonds. The van der Waals surface area contributed by atoms with Gasteiger partial charge in [0.2, 0.25) is 0 Å². The maximum atomic E-state index is 13.2. The van der Waals surface area contributed by atoms with E-state index in [2.05, 4.69) is 0 Å². The molecule has 0 aliphatic heterocycles. The first-order valence-electron chi connectivity index (χ1n) is 4.40. The lowest BCUT2D eigenvalue weighted by molar-refractivity contribution is 0.148. The number of benzene rings is 1. The van der Waals surface area contributed by atoms with E-state index >= 15 is 0 Å². The average molecular weight is 200 g/mol. The smallest absolute Gasteiger partial charge is 0.165 e. The lowest BCUT2D eigenvalue weighted by Crippen LogP contribution is -2.12. The molecule has 0 aromatic heterocycles. The summed E-state index contributed by atoms with van der Waals surface area (Å²) in [6, 6.07) is 1.96. The van der Waals surface area contributed by atoms with E-state index in [-0.39, 0.29) is 17.7 Å². The second kappa shape index (κ2) is 2.92. The molecular formula is C10H10F2O2. The molecular weight excluding hydrogens is 190 g/mol. The van der Waals surface area contributed by atoms with Crippen LogP contribution in [0.3, 0.4) is 0 Å². The molecule has 0 atom stereocenters. The van der Waals surface area contributed by atoms with Crippen molar-refractivity contribution >= 4 is 0 Å². The predicted molar refractivity (Wildman–Crippen MR) is 45.9 cm³/mol. The number of phenolic OH excluding ortho intramolecular Hbond substituents is 1. The van der Waals surface area contributed by atoms with Crippen molar-refractivity contribution in [1.29, 1.82) is 0 Å². The highest BCUT2D eigenvalue weighted by molar-refractivity contribution is 5.36. The van der Waals surface area contributed by atoms with Crippen molar-refractivity contribution in [2.45, 2.75) is 24.9 Å². The molecule has 14 heavy (non-hydrogen) atoms. The minimum absolute atomic E-state index is 0.0254. The molecule has 2 nitrogen and oxygen atoms in total. The Bertz CT molecular complexity index is 373. The summed E-state index contributed by atoms with van der Waals surface area (Å²) in [6.07, 6.45) is 1.12. The lowest BCUT2D eigenvalue weighted by Gasteiger charge is -2.10. The number of halogens is 2. The topological polar surface area (TPSA) is 40.5 Å². The Balaban J connectivity index is 2.35. The van der Waals surface area contributed by atoms with Crippen LogP contribution in [0.5, 0.6) is 5.75 Å². The van der Waals surface area contributed by atoms with Gasteiger partial charge in [-0.1, -0.05) is 0 Å². The molecule has 0 radical (unpaired) electrons. The summed E-state index contributed by atoms with van der Waals surface area (Å²) >= 11 is 0. The van der Waals surface area contributed by atoms with Gasteiger partial charge in [-0.2, -0.15) is 0 Å². The highest BCUT2D eigenvalue weighted by Gasteiger charge is 2.41. The Morgan fingerprint density at radius 3 is 2.50 bits per heavy atom. The Hall–Kier alpha value is -1.16. The van der Waals surface area contributed by atoms with Crippen molar-refractivity contribution in [3.05, 3.63) is 29.3 Å². The summed E-state index contributed by atoms with van der Waals surface area (Å²) in [5.41, 5.74) is -1.07. The maximum Gasteiger partial charge on any atom is 0.165 e. The van der Waals surface area contributed by atoms with E-state index in [1.54, 1.807) is 0 Å². The van der Waals surface area contributed by atoms with Crippen molar-refractivity contribution in [3.8, 4) is 5.75 Å². The molecule has 0 saturated heterocycles. The number of phenols is 1. The van der Waals surface area contributed by atoms with E-state index in [0.29, 0.717) is 12.8 Å². The number of hydrogen-bond donors (Lipinski definition) is 2. The van der Waals surface area contributed by atoms with E-state index in [1.807, 2.05) is 0 Å². The van der Waals surface area contributed by atoms with E-state index < -0.39 is 17.2 Å². The van der Waals surface area contributed by atoms with Gasteiger partial charge < -0.3 is 10.2 Å². The molecule has 1 aliphatic carbocycles. The fraction of sp³-hybridized carbons (Fsp3) is 0.400. The average Bonchev–Trinajstić information content (AvgIpc) is 2.86. The van der Waals surface area contributed by atoms with Crippen molar-refractivity contribution in [2.24, 2.45) is 0 Å². The minimum atomic E-state index is -1.06. The number of hydrogen-bond acceptors (Lipinski definition) is 2. The largest absolute Gasteiger partial charge is 0.508 e. The normalized spacial score (nSPS) is 18.2. The highest BCUT2D eigenvalue weighted by Crippen LogP contribution is 2.40. The molecule has 1 aliphatic rings. The van der Waals surface area contributed by atoms with Crippen LogP contribution in [0.4, 0.5) is 8.78 Å². The van der Waals surface area contributed by atoms with Crippen molar-refractivity contribution in [2.75, 3.05) is 0 Å². The Morgan fingerprint density at radius 2 is 1.93 bits per heavy atom. The highest BCUT2D eigenvalue weighted by atomic mass is 19.2. The van der Waals surface area contributed by atoms with Crippen molar-refractivity contribution < 1.29 is 19.0 Å². The summed E-state index contributed by atoms with van der Waals surface area (Å²) < 4.78 is 26.0. The summed E-state index contributed by atoms with van der Waals surface area (Å²) in [6.45, 7) is 0. The number of aromatic hydroxyl groups is 1. The van der Waals surface area contributed by atoms with Crippen molar-refractivity contribution in [3.63, 3.8) is 0 Å². The maximum absolute atomic E-state index is 13.2. The zero-order chi connectivity index (χ0) is 10.3. The van der Waals surface area contributed by atoms with Crippen LogP contribution in [-0.2, 0) is 6.42 Å². The number of rotatable bonds is 2. The summed E-state index contributed by atoms with van der Waals surface area (Å²) in [5, 5.41) is 18.8. The molecule has 0 spiro atoms. The first-order valence-corrected chi connectivity index (χ1v) is 4.40. The van der Waals surface area contributed by atoms with Gasteiger partial charge in [-0.15, -0.1) is 0 Å². The molecule has 0 unspecified atom stereocenters. The quantitative estimate of drug-likeness (QED) is 0.763. The monoisotopic (exact) mass is 200 g/mol. The molecule has 2 rings (SSSR count). The standard InChI is InChI=1S/C10H10F2O2/c11-7-1-2-8(13)6(9(7)12)5-10(14)3-4-10/h1-2,13-14H,3-5H2. The van der Waals surface area contributed by atoms with Gasteiger partial charge in [-0.05, 0) is 25.0 Å². The molecule has 2 N–H and O–H groups in total. The van der Waals surface area contributed by atoms with Gasteiger partial charge >= 0.3 is 0 Å². The van der Waals surface area contributed by atoms with Gasteiger partial charge in [0.15, 0.2) is 11.6 Å². The summed E-state index contributed by atoms with van der Waals surface area (Å²) in [5.74, 6) is -2.36. The van der Waals surface area contributed by atoms with Crippen LogP contribution in [-0.4, -0.2) is 15.8 Å². The van der Waals surface area contributed by atoms with Gasteiger partial charge in [0.1, 0.15) is 5.75 Å². The second-order valence-electron chi connectivity index (χ2n) is 3.76. The van der Waals surface area contributed by atoms with Gasteiger partial charge in [0.05, 0.1) is 5.60 Å².